The molecule has 0 fully saturated rings. The predicted molar refractivity (Wildman–Crippen MR) is 46.6 cm³/mol. The van der Waals surface area contributed by atoms with Gasteiger partial charge in [0.1, 0.15) is 0 Å². The molecule has 0 atom stereocenters. The van der Waals surface area contributed by atoms with Gasteiger partial charge in [-0.05, 0) is 18.4 Å². The Morgan fingerprint density at radius 2 is 1.82 bits per heavy atom. The fourth-order valence-corrected chi connectivity index (χ4v) is 0.986. The van der Waals surface area contributed by atoms with Gasteiger partial charge in [0.15, 0.2) is 0 Å². The zero-order chi connectivity index (χ0) is 8.53. The van der Waals surface area contributed by atoms with Crippen molar-refractivity contribution in [3.63, 3.8) is 0 Å². The third-order valence-corrected chi connectivity index (χ3v) is 1.72. The summed E-state index contributed by atoms with van der Waals surface area (Å²) in [7, 11) is 0. The minimum atomic E-state index is 0.750. The first kappa shape index (κ1) is 9.95. The monoisotopic (exact) mass is 167 g/mol. The van der Waals surface area contributed by atoms with Gasteiger partial charge < -0.3 is 0 Å². The Labute approximate surface area is 70.1 Å². The molecule has 0 aliphatic heterocycles. The van der Waals surface area contributed by atoms with E-state index < -0.39 is 0 Å². The maximum absolute atomic E-state index is 8.35. The molecule has 0 bridgehead atoms. The van der Waals surface area contributed by atoms with Gasteiger partial charge >= 0.3 is 0 Å². The molecule has 2 nitrogen and oxygen atoms in total. The highest BCUT2D eigenvalue weighted by Crippen LogP contribution is 2.11. The molecule has 1 aromatic rings. The van der Waals surface area contributed by atoms with Crippen molar-refractivity contribution in [2.75, 3.05) is 6.26 Å². The molecule has 0 amide bonds. The normalized spacial score (nSPS) is 7.36. The number of rotatable bonds is 1. The quantitative estimate of drug-likeness (QED) is 0.396. The molecule has 58 valence electrons. The maximum Gasteiger partial charge on any atom is 0.231 e. The summed E-state index contributed by atoms with van der Waals surface area (Å²) in [6, 6.07) is 10.3. The first-order chi connectivity index (χ1) is 5.35. The average molecular weight is 167 g/mol. The fraction of sp³-hybridized carbons (Fsp3) is 0.125. The van der Waals surface area contributed by atoms with Gasteiger partial charge in [0, 0.05) is 4.90 Å². The van der Waals surface area contributed by atoms with Crippen molar-refractivity contribution in [3.8, 4) is 0 Å². The number of isocyanates is 1. The van der Waals surface area contributed by atoms with Crippen LogP contribution < -0.4 is 0 Å². The lowest BCUT2D eigenvalue weighted by Crippen LogP contribution is -1.62. The van der Waals surface area contributed by atoms with Crippen LogP contribution in [-0.2, 0) is 4.79 Å². The maximum atomic E-state index is 8.35. The second-order valence-corrected chi connectivity index (χ2v) is 2.50. The van der Waals surface area contributed by atoms with Crippen LogP contribution in [0.25, 0.3) is 0 Å². The van der Waals surface area contributed by atoms with Crippen LogP contribution in [0.2, 0.25) is 0 Å². The SMILES string of the molecule is CSc1ccccc1.N=C=O. The van der Waals surface area contributed by atoms with Crippen molar-refractivity contribution in [2.45, 2.75) is 4.90 Å². The smallest absolute Gasteiger partial charge is 0.222 e. The number of nitrogens with one attached hydrogen (secondary N) is 1. The van der Waals surface area contributed by atoms with Crippen LogP contribution in [0.3, 0.4) is 0 Å². The van der Waals surface area contributed by atoms with E-state index in [1.54, 1.807) is 11.8 Å². The third-order valence-electron chi connectivity index (χ3n) is 0.979. The van der Waals surface area contributed by atoms with E-state index in [1.807, 2.05) is 18.2 Å². The first-order valence-corrected chi connectivity index (χ1v) is 4.20. The molecule has 0 radical (unpaired) electrons. The van der Waals surface area contributed by atoms with Crippen LogP contribution in [0, 0.1) is 5.41 Å². The van der Waals surface area contributed by atoms with Crippen molar-refractivity contribution in [2.24, 2.45) is 0 Å². The van der Waals surface area contributed by atoms with Crippen LogP contribution in [0.1, 0.15) is 0 Å². The number of hydrogen-bond acceptors (Lipinski definition) is 3. The lowest BCUT2D eigenvalue weighted by atomic mass is 10.4. The Kier molecular flexibility index (Phi) is 6.39. The Bertz CT molecular complexity index is 217. The standard InChI is InChI=1S/C7H8S.CHNO/c1-8-7-5-3-2-4-6-7;2-1-3/h2-6H,1H3;2H. The Balaban J connectivity index is 0.000000292. The Morgan fingerprint density at radius 3 is 2.09 bits per heavy atom. The number of carbonyl (C=O) groups excluding carboxylic acids is 1. The van der Waals surface area contributed by atoms with Crippen LogP contribution in [-0.4, -0.2) is 12.3 Å². The molecule has 1 rings (SSSR count). The zero-order valence-corrected chi connectivity index (χ0v) is 7.02. The van der Waals surface area contributed by atoms with E-state index >= 15 is 0 Å². The van der Waals surface area contributed by atoms with Crippen molar-refractivity contribution >= 4 is 17.8 Å². The molecule has 0 unspecified atom stereocenters. The first-order valence-electron chi connectivity index (χ1n) is 2.98. The summed E-state index contributed by atoms with van der Waals surface area (Å²) in [6.07, 6.45) is 2.83. The van der Waals surface area contributed by atoms with E-state index in [4.69, 9.17) is 10.2 Å². The minimum absolute atomic E-state index is 0.750. The number of hydrogen-bond donors (Lipinski definition) is 1. The summed E-state index contributed by atoms with van der Waals surface area (Å²) in [4.78, 5) is 9.67. The highest BCUT2D eigenvalue weighted by atomic mass is 32.2. The molecular formula is C8H9NOS. The highest BCUT2D eigenvalue weighted by Gasteiger charge is 1.80. The Morgan fingerprint density at radius 1 is 1.36 bits per heavy atom. The van der Waals surface area contributed by atoms with Gasteiger partial charge in [0.2, 0.25) is 6.08 Å². The lowest BCUT2D eigenvalue weighted by molar-refractivity contribution is 0.563. The molecule has 0 saturated carbocycles. The van der Waals surface area contributed by atoms with Crippen LogP contribution in [0.4, 0.5) is 0 Å². The summed E-state index contributed by atoms with van der Waals surface area (Å²) in [6.45, 7) is 0. The number of benzene rings is 1. The van der Waals surface area contributed by atoms with Crippen LogP contribution in [0.15, 0.2) is 35.2 Å². The van der Waals surface area contributed by atoms with Gasteiger partial charge in [-0.15, -0.1) is 11.8 Å². The molecule has 1 N–H and O–H groups in total. The average Bonchev–Trinajstić information content (AvgIpc) is 2.08. The molecule has 0 spiro atoms. The topological polar surface area (TPSA) is 40.9 Å². The van der Waals surface area contributed by atoms with E-state index in [-0.39, 0.29) is 0 Å². The zero-order valence-electron chi connectivity index (χ0n) is 6.20. The van der Waals surface area contributed by atoms with E-state index in [0.29, 0.717) is 0 Å². The van der Waals surface area contributed by atoms with Crippen molar-refractivity contribution in [1.29, 1.82) is 5.41 Å². The summed E-state index contributed by atoms with van der Waals surface area (Å²) in [5.74, 6) is 0. The molecule has 0 saturated heterocycles. The second-order valence-electron chi connectivity index (χ2n) is 1.62. The summed E-state index contributed by atoms with van der Waals surface area (Å²) in [5.41, 5.74) is 0. The summed E-state index contributed by atoms with van der Waals surface area (Å²) in [5, 5.41) is 5.40. The lowest BCUT2D eigenvalue weighted by Gasteiger charge is -1.89. The van der Waals surface area contributed by atoms with Gasteiger partial charge in [0.25, 0.3) is 0 Å². The molecule has 11 heavy (non-hydrogen) atoms. The van der Waals surface area contributed by atoms with Crippen molar-refractivity contribution < 1.29 is 4.79 Å². The van der Waals surface area contributed by atoms with Crippen LogP contribution >= 0.6 is 11.8 Å². The molecule has 3 heteroatoms. The molecule has 0 aliphatic carbocycles. The van der Waals surface area contributed by atoms with E-state index in [2.05, 4.69) is 18.4 Å². The van der Waals surface area contributed by atoms with Crippen molar-refractivity contribution in [3.05, 3.63) is 30.3 Å². The molecule has 1 aromatic carbocycles. The van der Waals surface area contributed by atoms with E-state index in [9.17, 15) is 0 Å². The number of thioether (sulfide) groups is 1. The summed E-state index contributed by atoms with van der Waals surface area (Å²) < 4.78 is 0. The van der Waals surface area contributed by atoms with Crippen LogP contribution in [0.5, 0.6) is 0 Å². The van der Waals surface area contributed by atoms with Gasteiger partial charge in [-0.2, -0.15) is 0 Å². The molecule has 0 aromatic heterocycles. The fourth-order valence-electron chi connectivity index (χ4n) is 0.557. The predicted octanol–water partition coefficient (Wildman–Crippen LogP) is 2.31. The van der Waals surface area contributed by atoms with Gasteiger partial charge in [-0.3, -0.25) is 0 Å². The van der Waals surface area contributed by atoms with E-state index in [1.165, 1.54) is 4.90 Å². The van der Waals surface area contributed by atoms with Gasteiger partial charge in [-0.25, -0.2) is 10.2 Å². The largest absolute Gasteiger partial charge is 0.231 e. The van der Waals surface area contributed by atoms with E-state index in [0.717, 1.165) is 6.08 Å². The van der Waals surface area contributed by atoms with Gasteiger partial charge in [-0.1, -0.05) is 18.2 Å². The summed E-state index contributed by atoms with van der Waals surface area (Å²) >= 11 is 1.77. The Hall–Kier alpha value is -1.05. The highest BCUT2D eigenvalue weighted by molar-refractivity contribution is 7.98. The minimum Gasteiger partial charge on any atom is -0.222 e. The third kappa shape index (κ3) is 5.40. The molecule has 0 aliphatic rings. The van der Waals surface area contributed by atoms with Crippen molar-refractivity contribution in [1.82, 2.24) is 0 Å². The molecule has 0 heterocycles. The van der Waals surface area contributed by atoms with Gasteiger partial charge in [0.05, 0.1) is 0 Å². The second kappa shape index (κ2) is 7.06. The molecular weight excluding hydrogens is 158 g/mol.